The largest absolute Gasteiger partial charge is 0.337 e. The number of rotatable bonds is 6. The summed E-state index contributed by atoms with van der Waals surface area (Å²) in [6, 6.07) is 8.29. The molecule has 8 heteroatoms. The molecule has 1 saturated carbocycles. The molecule has 7 nitrogen and oxygen atoms in total. The Morgan fingerprint density at radius 2 is 2.24 bits per heavy atom. The highest BCUT2D eigenvalue weighted by atomic mass is 32.2. The number of benzene rings is 1. The van der Waals surface area contributed by atoms with Crippen molar-refractivity contribution in [2.24, 2.45) is 5.92 Å². The predicted octanol–water partition coefficient (Wildman–Crippen LogP) is 2.18. The molecule has 1 N–H and O–H groups in total. The fourth-order valence-corrected chi connectivity index (χ4v) is 3.39. The molecule has 2 aromatic rings. The van der Waals surface area contributed by atoms with Crippen LogP contribution in [0, 0.1) is 31.1 Å². The molecule has 0 radical (unpaired) electrons. The molecule has 0 spiro atoms. The van der Waals surface area contributed by atoms with Crippen molar-refractivity contribution in [1.82, 2.24) is 25.5 Å². The minimum absolute atomic E-state index is 0.162. The Labute approximate surface area is 150 Å². The van der Waals surface area contributed by atoms with Gasteiger partial charge < -0.3 is 5.32 Å². The Morgan fingerprint density at radius 1 is 1.48 bits per heavy atom. The van der Waals surface area contributed by atoms with Crippen molar-refractivity contribution in [2.45, 2.75) is 44.3 Å². The van der Waals surface area contributed by atoms with Gasteiger partial charge in [0.15, 0.2) is 0 Å². The van der Waals surface area contributed by atoms with Gasteiger partial charge in [-0.1, -0.05) is 23.9 Å². The average Bonchev–Trinajstić information content (AvgIpc) is 3.35. The molecule has 130 valence electrons. The van der Waals surface area contributed by atoms with Crippen molar-refractivity contribution in [1.29, 1.82) is 5.26 Å². The lowest BCUT2D eigenvalue weighted by atomic mass is 9.98. The van der Waals surface area contributed by atoms with Gasteiger partial charge in [-0.25, -0.2) is 0 Å². The lowest BCUT2D eigenvalue weighted by Crippen LogP contribution is -2.47. The highest BCUT2D eigenvalue weighted by molar-refractivity contribution is 7.99. The van der Waals surface area contributed by atoms with Gasteiger partial charge in [0.1, 0.15) is 5.54 Å². The SMILES string of the molecule is Cc1ccc(C)c(-n2nnnc2SCC(=O)N[C@@](C)(C#N)C2CC2)c1. The summed E-state index contributed by atoms with van der Waals surface area (Å²) in [5, 5.41) is 24.5. The third-order valence-corrected chi connectivity index (χ3v) is 5.31. The number of hydrogen-bond acceptors (Lipinski definition) is 6. The first-order chi connectivity index (χ1) is 11.9. The van der Waals surface area contributed by atoms with Crippen molar-refractivity contribution < 1.29 is 4.79 Å². The monoisotopic (exact) mass is 356 g/mol. The number of nitrogens with one attached hydrogen (secondary N) is 1. The fraction of sp³-hybridized carbons (Fsp3) is 0.471. The Hall–Kier alpha value is -2.40. The van der Waals surface area contributed by atoms with Crippen molar-refractivity contribution in [3.8, 4) is 11.8 Å². The van der Waals surface area contributed by atoms with Crippen LogP contribution in [0.2, 0.25) is 0 Å². The van der Waals surface area contributed by atoms with E-state index in [9.17, 15) is 10.1 Å². The molecule has 0 unspecified atom stereocenters. The van der Waals surface area contributed by atoms with Gasteiger partial charge in [-0.15, -0.1) is 5.10 Å². The van der Waals surface area contributed by atoms with E-state index in [1.165, 1.54) is 11.8 Å². The van der Waals surface area contributed by atoms with Crippen molar-refractivity contribution in [3.63, 3.8) is 0 Å². The topological polar surface area (TPSA) is 96.5 Å². The number of nitrogens with zero attached hydrogens (tertiary/aromatic N) is 5. The molecule has 1 aromatic carbocycles. The molecule has 1 heterocycles. The maximum atomic E-state index is 12.3. The zero-order chi connectivity index (χ0) is 18.0. The lowest BCUT2D eigenvalue weighted by molar-refractivity contribution is -0.119. The van der Waals surface area contributed by atoms with Gasteiger partial charge >= 0.3 is 0 Å². The van der Waals surface area contributed by atoms with E-state index in [1.54, 1.807) is 11.6 Å². The van der Waals surface area contributed by atoms with Crippen LogP contribution in [0.3, 0.4) is 0 Å². The van der Waals surface area contributed by atoms with E-state index >= 15 is 0 Å². The van der Waals surface area contributed by atoms with Crippen molar-refractivity contribution in [3.05, 3.63) is 29.3 Å². The van der Waals surface area contributed by atoms with Gasteiger partial charge in [0, 0.05) is 0 Å². The van der Waals surface area contributed by atoms with Crippen LogP contribution >= 0.6 is 11.8 Å². The van der Waals surface area contributed by atoms with Gasteiger partial charge in [0.05, 0.1) is 17.5 Å². The Kier molecular flexibility index (Phi) is 4.77. The average molecular weight is 356 g/mol. The van der Waals surface area contributed by atoms with E-state index in [1.807, 2.05) is 32.0 Å². The second kappa shape index (κ2) is 6.84. The van der Waals surface area contributed by atoms with Crippen LogP contribution in [0.4, 0.5) is 0 Å². The Bertz CT molecular complexity index is 838. The molecule has 1 atom stereocenters. The van der Waals surface area contributed by atoms with Crippen LogP contribution in [0.5, 0.6) is 0 Å². The molecule has 0 saturated heterocycles. The second-order valence-corrected chi connectivity index (χ2v) is 7.53. The smallest absolute Gasteiger partial charge is 0.231 e. The molecule has 1 aliphatic rings. The summed E-state index contributed by atoms with van der Waals surface area (Å²) in [6.07, 6.45) is 1.98. The molecule has 1 fully saturated rings. The third-order valence-electron chi connectivity index (χ3n) is 4.39. The molecular formula is C17H20N6OS. The van der Waals surface area contributed by atoms with Crippen molar-refractivity contribution >= 4 is 17.7 Å². The first kappa shape index (κ1) is 17.4. The third kappa shape index (κ3) is 3.82. The summed E-state index contributed by atoms with van der Waals surface area (Å²) < 4.78 is 1.64. The first-order valence-corrected chi connectivity index (χ1v) is 9.12. The van der Waals surface area contributed by atoms with E-state index < -0.39 is 5.54 Å². The number of nitriles is 1. The summed E-state index contributed by atoms with van der Waals surface area (Å²) in [7, 11) is 0. The minimum atomic E-state index is -0.781. The van der Waals surface area contributed by atoms with E-state index in [0.29, 0.717) is 5.16 Å². The Morgan fingerprint density at radius 3 is 2.92 bits per heavy atom. The second-order valence-electron chi connectivity index (χ2n) is 6.59. The molecule has 0 aliphatic heterocycles. The highest BCUT2D eigenvalue weighted by Crippen LogP contribution is 2.39. The quantitative estimate of drug-likeness (QED) is 0.797. The lowest BCUT2D eigenvalue weighted by Gasteiger charge is -2.22. The van der Waals surface area contributed by atoms with Crippen LogP contribution < -0.4 is 5.32 Å². The van der Waals surface area contributed by atoms with Crippen LogP contribution in [0.15, 0.2) is 23.4 Å². The zero-order valence-corrected chi connectivity index (χ0v) is 15.3. The number of aryl methyl sites for hydroxylation is 2. The standard InChI is InChI=1S/C17H20N6OS/c1-11-4-5-12(2)14(8-11)23-16(20-21-22-23)25-9-15(24)19-17(3,10-18)13-6-7-13/h4-5,8,13H,6-7,9H2,1-3H3,(H,19,24)/t17-/m0/s1. The number of carbonyl (C=O) groups is 1. The number of tetrazole rings is 1. The summed E-state index contributed by atoms with van der Waals surface area (Å²) >= 11 is 1.26. The number of aromatic nitrogens is 4. The highest BCUT2D eigenvalue weighted by Gasteiger charge is 2.42. The van der Waals surface area contributed by atoms with Crippen molar-refractivity contribution in [2.75, 3.05) is 5.75 Å². The zero-order valence-electron chi connectivity index (χ0n) is 14.5. The van der Waals surface area contributed by atoms with Gasteiger partial charge in [0.2, 0.25) is 11.1 Å². The Balaban J connectivity index is 1.69. The molecule has 1 aliphatic carbocycles. The number of amides is 1. The van der Waals surface area contributed by atoms with Crippen LogP contribution in [-0.4, -0.2) is 37.4 Å². The molecule has 0 bridgehead atoms. The molecule has 3 rings (SSSR count). The van der Waals surface area contributed by atoms with Gasteiger partial charge in [-0.2, -0.15) is 9.94 Å². The van der Waals surface area contributed by atoms with Crippen LogP contribution in [0.25, 0.3) is 5.69 Å². The summed E-state index contributed by atoms with van der Waals surface area (Å²) in [4.78, 5) is 12.3. The number of hydrogen-bond donors (Lipinski definition) is 1. The van der Waals surface area contributed by atoms with Crippen LogP contribution in [-0.2, 0) is 4.79 Å². The minimum Gasteiger partial charge on any atom is -0.337 e. The van der Waals surface area contributed by atoms with E-state index in [-0.39, 0.29) is 17.6 Å². The maximum absolute atomic E-state index is 12.3. The molecule has 1 amide bonds. The summed E-state index contributed by atoms with van der Waals surface area (Å²) in [5.41, 5.74) is 2.28. The fourth-order valence-electron chi connectivity index (χ4n) is 2.71. The molecular weight excluding hydrogens is 336 g/mol. The van der Waals surface area contributed by atoms with Gasteiger partial charge in [-0.3, -0.25) is 4.79 Å². The van der Waals surface area contributed by atoms with E-state index in [0.717, 1.165) is 29.7 Å². The number of thioether (sulfide) groups is 1. The normalized spacial score (nSPS) is 16.1. The molecule has 1 aromatic heterocycles. The summed E-state index contributed by atoms with van der Waals surface area (Å²) in [6.45, 7) is 5.78. The summed E-state index contributed by atoms with van der Waals surface area (Å²) in [5.74, 6) is 0.234. The van der Waals surface area contributed by atoms with E-state index in [4.69, 9.17) is 0 Å². The van der Waals surface area contributed by atoms with Crippen LogP contribution in [0.1, 0.15) is 30.9 Å². The maximum Gasteiger partial charge on any atom is 0.231 e. The number of carbonyl (C=O) groups excluding carboxylic acids is 1. The van der Waals surface area contributed by atoms with E-state index in [2.05, 4.69) is 26.9 Å². The van der Waals surface area contributed by atoms with Gasteiger partial charge in [-0.05, 0) is 67.2 Å². The predicted molar refractivity (Wildman–Crippen MR) is 94.2 cm³/mol. The first-order valence-electron chi connectivity index (χ1n) is 8.14. The van der Waals surface area contributed by atoms with Gasteiger partial charge in [0.25, 0.3) is 0 Å². The molecule has 25 heavy (non-hydrogen) atoms.